The predicted molar refractivity (Wildman–Crippen MR) is 63.1 cm³/mol. The molecule has 0 unspecified atom stereocenters. The summed E-state index contributed by atoms with van der Waals surface area (Å²) in [6, 6.07) is 3.82. The van der Waals surface area contributed by atoms with Crippen molar-refractivity contribution in [1.82, 2.24) is 0 Å². The van der Waals surface area contributed by atoms with E-state index in [4.69, 9.17) is 0 Å². The van der Waals surface area contributed by atoms with Crippen molar-refractivity contribution < 1.29 is 10.2 Å². The van der Waals surface area contributed by atoms with Crippen molar-refractivity contribution in [2.45, 2.75) is 38.2 Å². The standard InChI is InChI=1S/C12H15BrO2/c1-2-8-5-10(13)6-9(11(8)14)7-12(15)3-4-12/h5-6,14-15H,2-4,7H2,1H3. The zero-order valence-corrected chi connectivity index (χ0v) is 10.3. The Morgan fingerprint density at radius 1 is 1.33 bits per heavy atom. The first kappa shape index (κ1) is 11.0. The smallest absolute Gasteiger partial charge is 0.122 e. The molecule has 3 heteroatoms. The van der Waals surface area contributed by atoms with E-state index >= 15 is 0 Å². The average Bonchev–Trinajstić information content (AvgIpc) is 2.89. The summed E-state index contributed by atoms with van der Waals surface area (Å²) in [5.74, 6) is 0.348. The highest BCUT2D eigenvalue weighted by molar-refractivity contribution is 9.10. The van der Waals surface area contributed by atoms with Crippen molar-refractivity contribution in [2.75, 3.05) is 0 Å². The number of halogens is 1. The average molecular weight is 271 g/mol. The first-order chi connectivity index (χ1) is 7.04. The van der Waals surface area contributed by atoms with Gasteiger partial charge in [0.25, 0.3) is 0 Å². The predicted octanol–water partition coefficient (Wildman–Crippen LogP) is 2.78. The minimum atomic E-state index is -0.552. The highest BCUT2D eigenvalue weighted by Gasteiger charge is 2.40. The molecule has 1 saturated carbocycles. The molecule has 0 spiro atoms. The van der Waals surface area contributed by atoms with Crippen LogP contribution in [0.3, 0.4) is 0 Å². The van der Waals surface area contributed by atoms with Crippen molar-refractivity contribution >= 4 is 15.9 Å². The summed E-state index contributed by atoms with van der Waals surface area (Å²) in [6.07, 6.45) is 3.06. The highest BCUT2D eigenvalue weighted by Crippen LogP contribution is 2.41. The molecule has 0 saturated heterocycles. The maximum atomic E-state index is 9.97. The molecule has 0 amide bonds. The molecule has 0 aromatic heterocycles. The summed E-state index contributed by atoms with van der Waals surface area (Å²) in [6.45, 7) is 2.01. The number of rotatable bonds is 3. The summed E-state index contributed by atoms with van der Waals surface area (Å²) in [4.78, 5) is 0. The van der Waals surface area contributed by atoms with E-state index in [-0.39, 0.29) is 0 Å². The van der Waals surface area contributed by atoms with Gasteiger partial charge in [-0.3, -0.25) is 0 Å². The van der Waals surface area contributed by atoms with E-state index in [0.717, 1.165) is 34.9 Å². The molecule has 0 atom stereocenters. The molecule has 0 heterocycles. The fourth-order valence-corrected chi connectivity index (χ4v) is 2.35. The largest absolute Gasteiger partial charge is 0.507 e. The number of aliphatic hydroxyl groups is 1. The maximum absolute atomic E-state index is 9.97. The third kappa shape index (κ3) is 2.34. The molecule has 82 valence electrons. The number of phenolic OH excluding ortho intramolecular Hbond substituents is 1. The molecular weight excluding hydrogens is 256 g/mol. The van der Waals surface area contributed by atoms with E-state index in [1.165, 1.54) is 0 Å². The zero-order chi connectivity index (χ0) is 11.1. The van der Waals surface area contributed by atoms with Crippen LogP contribution in [0.25, 0.3) is 0 Å². The molecule has 2 N–H and O–H groups in total. The molecule has 0 aliphatic heterocycles. The summed E-state index contributed by atoms with van der Waals surface area (Å²) >= 11 is 3.42. The molecule has 15 heavy (non-hydrogen) atoms. The Morgan fingerprint density at radius 3 is 2.47 bits per heavy atom. The number of phenols is 1. The third-order valence-corrected chi connectivity index (χ3v) is 3.42. The second kappa shape index (κ2) is 3.80. The lowest BCUT2D eigenvalue weighted by Gasteiger charge is -2.12. The van der Waals surface area contributed by atoms with Crippen molar-refractivity contribution in [1.29, 1.82) is 0 Å². The molecule has 1 aliphatic rings. The Morgan fingerprint density at radius 2 is 1.93 bits per heavy atom. The zero-order valence-electron chi connectivity index (χ0n) is 8.76. The summed E-state index contributed by atoms with van der Waals surface area (Å²) in [5.41, 5.74) is 1.23. The number of benzene rings is 1. The van der Waals surface area contributed by atoms with Gasteiger partial charge in [0.05, 0.1) is 5.60 Å². The van der Waals surface area contributed by atoms with Gasteiger partial charge in [0.1, 0.15) is 5.75 Å². The molecule has 0 bridgehead atoms. The maximum Gasteiger partial charge on any atom is 0.122 e. The normalized spacial score (nSPS) is 17.8. The second-order valence-corrected chi connectivity index (χ2v) is 5.24. The van der Waals surface area contributed by atoms with Gasteiger partial charge >= 0.3 is 0 Å². The first-order valence-electron chi connectivity index (χ1n) is 5.27. The van der Waals surface area contributed by atoms with Crippen LogP contribution >= 0.6 is 15.9 Å². The van der Waals surface area contributed by atoms with Crippen molar-refractivity contribution in [2.24, 2.45) is 0 Å². The van der Waals surface area contributed by atoms with Gasteiger partial charge in [0, 0.05) is 10.9 Å². The molecule has 1 aromatic rings. The van der Waals surface area contributed by atoms with Gasteiger partial charge in [0.15, 0.2) is 0 Å². The van der Waals surface area contributed by atoms with Crippen LogP contribution in [0.1, 0.15) is 30.9 Å². The lowest BCUT2D eigenvalue weighted by Crippen LogP contribution is -2.11. The van der Waals surface area contributed by atoms with Gasteiger partial charge in [-0.05, 0) is 42.5 Å². The highest BCUT2D eigenvalue weighted by atomic mass is 79.9. The van der Waals surface area contributed by atoms with Gasteiger partial charge in [-0.15, -0.1) is 0 Å². The van der Waals surface area contributed by atoms with E-state index in [1.54, 1.807) is 0 Å². The first-order valence-corrected chi connectivity index (χ1v) is 6.06. The van der Waals surface area contributed by atoms with E-state index in [2.05, 4.69) is 15.9 Å². The van der Waals surface area contributed by atoms with E-state index in [1.807, 2.05) is 19.1 Å². The van der Waals surface area contributed by atoms with E-state index < -0.39 is 5.60 Å². The minimum absolute atomic E-state index is 0.348. The number of hydrogen-bond acceptors (Lipinski definition) is 2. The second-order valence-electron chi connectivity index (χ2n) is 4.33. The molecule has 1 aromatic carbocycles. The van der Waals surface area contributed by atoms with Gasteiger partial charge in [-0.25, -0.2) is 0 Å². The number of aromatic hydroxyl groups is 1. The third-order valence-electron chi connectivity index (χ3n) is 2.96. The Balaban J connectivity index is 2.32. The summed E-state index contributed by atoms with van der Waals surface area (Å²) in [7, 11) is 0. The SMILES string of the molecule is CCc1cc(Br)cc(CC2(O)CC2)c1O. The summed E-state index contributed by atoms with van der Waals surface area (Å²) < 4.78 is 0.969. The lowest BCUT2D eigenvalue weighted by molar-refractivity contribution is 0.150. The van der Waals surface area contributed by atoms with Crippen LogP contribution < -0.4 is 0 Å². The molecular formula is C12H15BrO2. The molecule has 2 nitrogen and oxygen atoms in total. The number of aryl methyl sites for hydroxylation is 1. The molecule has 1 aliphatic carbocycles. The molecule has 0 radical (unpaired) electrons. The Bertz CT molecular complexity index is 383. The van der Waals surface area contributed by atoms with Crippen LogP contribution in [0, 0.1) is 0 Å². The molecule has 2 rings (SSSR count). The van der Waals surface area contributed by atoms with Crippen LogP contribution in [-0.4, -0.2) is 15.8 Å². The summed E-state index contributed by atoms with van der Waals surface area (Å²) in [5, 5.41) is 19.8. The van der Waals surface area contributed by atoms with Crippen molar-refractivity contribution in [3.05, 3.63) is 27.7 Å². The Hall–Kier alpha value is -0.540. The van der Waals surface area contributed by atoms with E-state index in [9.17, 15) is 10.2 Å². The quantitative estimate of drug-likeness (QED) is 0.887. The van der Waals surface area contributed by atoms with Crippen molar-refractivity contribution in [3.8, 4) is 5.75 Å². The minimum Gasteiger partial charge on any atom is -0.507 e. The van der Waals surface area contributed by atoms with Crippen LogP contribution in [0.4, 0.5) is 0 Å². The fraction of sp³-hybridized carbons (Fsp3) is 0.500. The number of hydrogen-bond donors (Lipinski definition) is 2. The lowest BCUT2D eigenvalue weighted by atomic mass is 10.0. The van der Waals surface area contributed by atoms with Crippen LogP contribution in [0.15, 0.2) is 16.6 Å². The van der Waals surface area contributed by atoms with Gasteiger partial charge in [-0.2, -0.15) is 0 Å². The van der Waals surface area contributed by atoms with Crippen LogP contribution in [0.5, 0.6) is 5.75 Å². The fourth-order valence-electron chi connectivity index (χ4n) is 1.80. The topological polar surface area (TPSA) is 40.5 Å². The van der Waals surface area contributed by atoms with Crippen LogP contribution in [0.2, 0.25) is 0 Å². The van der Waals surface area contributed by atoms with E-state index in [0.29, 0.717) is 12.2 Å². The van der Waals surface area contributed by atoms with Crippen LogP contribution in [-0.2, 0) is 12.8 Å². The van der Waals surface area contributed by atoms with Gasteiger partial charge in [0.2, 0.25) is 0 Å². The van der Waals surface area contributed by atoms with Crippen molar-refractivity contribution in [3.63, 3.8) is 0 Å². The Labute approximate surface area is 98.1 Å². The molecule has 1 fully saturated rings. The monoisotopic (exact) mass is 270 g/mol. The van der Waals surface area contributed by atoms with Gasteiger partial charge in [-0.1, -0.05) is 22.9 Å². The Kier molecular flexibility index (Phi) is 2.77. The van der Waals surface area contributed by atoms with Gasteiger partial charge < -0.3 is 10.2 Å².